The summed E-state index contributed by atoms with van der Waals surface area (Å²) in [6.45, 7) is 5.13. The van der Waals surface area contributed by atoms with Crippen LogP contribution in [0.5, 0.6) is 0 Å². The summed E-state index contributed by atoms with van der Waals surface area (Å²) in [5.41, 5.74) is 1.06. The number of hydrogen-bond donors (Lipinski definition) is 1. The van der Waals surface area contributed by atoms with Gasteiger partial charge >= 0.3 is 6.09 Å². The maximum Gasteiger partial charge on any atom is 0.411 e. The SMILES string of the molecule is Cn1cc2cc(NC(=O)c3coc4c3C(=O)CN(C(=O)OC(C)(C)C)C4)ccc2n1. The van der Waals surface area contributed by atoms with Crippen molar-refractivity contribution < 1.29 is 23.5 Å². The number of anilines is 1. The van der Waals surface area contributed by atoms with E-state index in [4.69, 9.17) is 9.15 Å². The van der Waals surface area contributed by atoms with Gasteiger partial charge in [-0.2, -0.15) is 5.10 Å². The first-order valence-electron chi connectivity index (χ1n) is 9.47. The highest BCUT2D eigenvalue weighted by molar-refractivity contribution is 6.14. The largest absolute Gasteiger partial charge is 0.466 e. The van der Waals surface area contributed by atoms with Gasteiger partial charge in [0.2, 0.25) is 0 Å². The summed E-state index contributed by atoms with van der Waals surface area (Å²) in [7, 11) is 1.82. The van der Waals surface area contributed by atoms with Crippen molar-refractivity contribution in [2.24, 2.45) is 7.05 Å². The zero-order chi connectivity index (χ0) is 21.6. The predicted molar refractivity (Wildman–Crippen MR) is 108 cm³/mol. The number of aryl methyl sites for hydroxylation is 1. The van der Waals surface area contributed by atoms with E-state index in [1.54, 1.807) is 43.7 Å². The van der Waals surface area contributed by atoms with Crippen molar-refractivity contribution in [3.8, 4) is 0 Å². The molecule has 2 aromatic heterocycles. The number of ether oxygens (including phenoxy) is 1. The van der Waals surface area contributed by atoms with Gasteiger partial charge in [-0.05, 0) is 39.0 Å². The Balaban J connectivity index is 1.53. The summed E-state index contributed by atoms with van der Waals surface area (Å²) in [6, 6.07) is 5.35. The number of fused-ring (bicyclic) bond motifs is 2. The van der Waals surface area contributed by atoms with Gasteiger partial charge in [-0.3, -0.25) is 19.2 Å². The average molecular weight is 410 g/mol. The summed E-state index contributed by atoms with van der Waals surface area (Å²) in [4.78, 5) is 39.0. The second-order valence-electron chi connectivity index (χ2n) is 8.24. The lowest BCUT2D eigenvalue weighted by atomic mass is 10.0. The Kier molecular flexibility index (Phi) is 4.60. The van der Waals surface area contributed by atoms with Crippen molar-refractivity contribution in [2.45, 2.75) is 32.9 Å². The maximum absolute atomic E-state index is 12.8. The van der Waals surface area contributed by atoms with Crippen molar-refractivity contribution in [1.29, 1.82) is 0 Å². The van der Waals surface area contributed by atoms with E-state index in [1.807, 2.05) is 13.2 Å². The molecule has 0 aliphatic carbocycles. The van der Waals surface area contributed by atoms with Gasteiger partial charge in [-0.25, -0.2) is 4.79 Å². The highest BCUT2D eigenvalue weighted by Gasteiger charge is 2.35. The number of hydrogen-bond acceptors (Lipinski definition) is 6. The number of ketones is 1. The molecule has 4 rings (SSSR count). The zero-order valence-electron chi connectivity index (χ0n) is 17.2. The fraction of sp³-hybridized carbons (Fsp3) is 0.333. The normalized spacial score (nSPS) is 14.0. The molecule has 2 amide bonds. The van der Waals surface area contributed by atoms with Crippen LogP contribution in [0.15, 0.2) is 35.1 Å². The number of rotatable bonds is 2. The molecule has 9 heteroatoms. The first-order valence-corrected chi connectivity index (χ1v) is 9.47. The number of carbonyl (C=O) groups is 3. The lowest BCUT2D eigenvalue weighted by Crippen LogP contribution is -2.42. The highest BCUT2D eigenvalue weighted by atomic mass is 16.6. The third-order valence-corrected chi connectivity index (χ3v) is 4.59. The minimum Gasteiger partial charge on any atom is -0.466 e. The predicted octanol–water partition coefficient (Wildman–Crippen LogP) is 3.35. The van der Waals surface area contributed by atoms with E-state index in [1.165, 1.54) is 11.2 Å². The summed E-state index contributed by atoms with van der Waals surface area (Å²) in [6.07, 6.45) is 2.49. The van der Waals surface area contributed by atoms with Crippen LogP contribution in [-0.2, 0) is 18.3 Å². The number of benzene rings is 1. The number of nitrogens with one attached hydrogen (secondary N) is 1. The third kappa shape index (κ3) is 3.78. The molecule has 0 spiro atoms. The molecule has 0 unspecified atom stereocenters. The maximum atomic E-state index is 12.8. The first kappa shape index (κ1) is 19.7. The Morgan fingerprint density at radius 2 is 2.00 bits per heavy atom. The highest BCUT2D eigenvalue weighted by Crippen LogP contribution is 2.27. The molecule has 1 N–H and O–H groups in total. The minimum atomic E-state index is -0.677. The Labute approximate surface area is 172 Å². The molecule has 1 aromatic carbocycles. The Morgan fingerprint density at radius 3 is 2.73 bits per heavy atom. The quantitative estimate of drug-likeness (QED) is 0.694. The van der Waals surface area contributed by atoms with Crippen LogP contribution < -0.4 is 5.32 Å². The molecule has 0 fully saturated rings. The molecule has 30 heavy (non-hydrogen) atoms. The van der Waals surface area contributed by atoms with Crippen LogP contribution in [0, 0.1) is 0 Å². The molecule has 3 heterocycles. The van der Waals surface area contributed by atoms with Crippen LogP contribution in [0.4, 0.5) is 10.5 Å². The van der Waals surface area contributed by atoms with Gasteiger partial charge in [0.1, 0.15) is 17.6 Å². The van der Waals surface area contributed by atoms with Crippen LogP contribution in [0.25, 0.3) is 10.9 Å². The van der Waals surface area contributed by atoms with Crippen molar-refractivity contribution in [3.05, 3.63) is 47.5 Å². The summed E-state index contributed by atoms with van der Waals surface area (Å²) in [5.74, 6) is -0.559. The number of nitrogens with zero attached hydrogens (tertiary/aromatic N) is 3. The number of carbonyl (C=O) groups excluding carboxylic acids is 3. The van der Waals surface area contributed by atoms with Crippen LogP contribution in [0.1, 0.15) is 47.2 Å². The molecule has 1 aliphatic rings. The van der Waals surface area contributed by atoms with Gasteiger partial charge in [0, 0.05) is 24.3 Å². The number of aromatic nitrogens is 2. The number of furan rings is 1. The van der Waals surface area contributed by atoms with Crippen molar-refractivity contribution in [2.75, 3.05) is 11.9 Å². The van der Waals surface area contributed by atoms with E-state index in [0.29, 0.717) is 5.69 Å². The van der Waals surface area contributed by atoms with Gasteiger partial charge in [-0.1, -0.05) is 0 Å². The van der Waals surface area contributed by atoms with Gasteiger partial charge in [0.05, 0.1) is 29.7 Å². The van der Waals surface area contributed by atoms with E-state index in [9.17, 15) is 14.4 Å². The van der Waals surface area contributed by atoms with Crippen LogP contribution in [-0.4, -0.2) is 44.6 Å². The average Bonchev–Trinajstić information content (AvgIpc) is 3.22. The molecule has 0 atom stereocenters. The fourth-order valence-corrected chi connectivity index (χ4v) is 3.35. The van der Waals surface area contributed by atoms with Gasteiger partial charge in [-0.15, -0.1) is 0 Å². The molecule has 0 saturated heterocycles. The smallest absolute Gasteiger partial charge is 0.411 e. The lowest BCUT2D eigenvalue weighted by molar-refractivity contribution is 0.0206. The minimum absolute atomic E-state index is 0.0604. The van der Waals surface area contributed by atoms with E-state index < -0.39 is 17.6 Å². The summed E-state index contributed by atoms with van der Waals surface area (Å²) in [5, 5.41) is 7.97. The second kappa shape index (κ2) is 7.01. The third-order valence-electron chi connectivity index (χ3n) is 4.59. The summed E-state index contributed by atoms with van der Waals surface area (Å²) < 4.78 is 12.5. The van der Waals surface area contributed by atoms with Gasteiger partial charge in [0.15, 0.2) is 5.78 Å². The van der Waals surface area contributed by atoms with Crippen LogP contribution in [0.2, 0.25) is 0 Å². The number of Topliss-reactive ketones (excluding diaryl/α,β-unsaturated/α-hetero) is 1. The van der Waals surface area contributed by atoms with Crippen LogP contribution >= 0.6 is 0 Å². The lowest BCUT2D eigenvalue weighted by Gasteiger charge is -2.28. The topological polar surface area (TPSA) is 107 Å². The molecule has 156 valence electrons. The standard InChI is InChI=1S/C21H22N4O5/c1-21(2,3)30-20(28)25-9-16(26)18-14(11-29-17(18)10-25)19(27)22-13-5-6-15-12(7-13)8-24(4)23-15/h5-8,11H,9-10H2,1-4H3,(H,22,27). The Bertz CT molecular complexity index is 1170. The van der Waals surface area contributed by atoms with Crippen molar-refractivity contribution in [1.82, 2.24) is 14.7 Å². The van der Waals surface area contributed by atoms with Gasteiger partial charge < -0.3 is 14.5 Å². The molecular weight excluding hydrogens is 388 g/mol. The fourth-order valence-electron chi connectivity index (χ4n) is 3.35. The Hall–Kier alpha value is -3.62. The molecule has 9 nitrogen and oxygen atoms in total. The first-order chi connectivity index (χ1) is 14.1. The summed E-state index contributed by atoms with van der Waals surface area (Å²) >= 11 is 0. The van der Waals surface area contributed by atoms with Crippen LogP contribution in [0.3, 0.4) is 0 Å². The van der Waals surface area contributed by atoms with Crippen molar-refractivity contribution >= 4 is 34.4 Å². The van der Waals surface area contributed by atoms with E-state index >= 15 is 0 Å². The molecule has 0 radical (unpaired) electrons. The zero-order valence-corrected chi connectivity index (χ0v) is 17.2. The van der Waals surface area contributed by atoms with E-state index in [2.05, 4.69) is 10.4 Å². The molecule has 3 aromatic rings. The van der Waals surface area contributed by atoms with E-state index in [0.717, 1.165) is 10.9 Å². The molecular formula is C21H22N4O5. The Morgan fingerprint density at radius 1 is 1.23 bits per heavy atom. The molecule has 0 bridgehead atoms. The second-order valence-corrected chi connectivity index (χ2v) is 8.24. The monoisotopic (exact) mass is 410 g/mol. The van der Waals surface area contributed by atoms with Gasteiger partial charge in [0.25, 0.3) is 5.91 Å². The molecule has 1 aliphatic heterocycles. The van der Waals surface area contributed by atoms with Crippen molar-refractivity contribution in [3.63, 3.8) is 0 Å². The molecule has 0 saturated carbocycles. The number of amides is 2. The van der Waals surface area contributed by atoms with E-state index in [-0.39, 0.29) is 35.8 Å².